The minimum absolute atomic E-state index is 0.0176. The van der Waals surface area contributed by atoms with Gasteiger partial charge in [-0.15, -0.1) is 10.2 Å². The molecule has 1 heterocycles. The molecular weight excluding hydrogens is 304 g/mol. The second kappa shape index (κ2) is 7.42. The van der Waals surface area contributed by atoms with Gasteiger partial charge in [-0.25, -0.2) is 0 Å². The number of hydrogen-bond acceptors (Lipinski definition) is 6. The van der Waals surface area contributed by atoms with Crippen LogP contribution >= 0.6 is 23.1 Å². The maximum atomic E-state index is 12.0. The summed E-state index contributed by atoms with van der Waals surface area (Å²) in [7, 11) is 0. The van der Waals surface area contributed by atoms with E-state index in [1.54, 1.807) is 0 Å². The summed E-state index contributed by atoms with van der Waals surface area (Å²) in [6, 6.07) is 6.06. The molecule has 21 heavy (non-hydrogen) atoms. The van der Waals surface area contributed by atoms with Crippen LogP contribution in [0.15, 0.2) is 22.5 Å². The first-order valence-electron chi connectivity index (χ1n) is 6.70. The first-order valence-corrected chi connectivity index (χ1v) is 8.50. The van der Waals surface area contributed by atoms with Crippen molar-refractivity contribution in [1.82, 2.24) is 10.2 Å². The molecule has 112 valence electrons. The zero-order valence-corrected chi connectivity index (χ0v) is 13.7. The van der Waals surface area contributed by atoms with E-state index in [0.29, 0.717) is 17.3 Å². The second-order valence-electron chi connectivity index (χ2n) is 4.52. The Labute approximate surface area is 132 Å². The van der Waals surface area contributed by atoms with Crippen LogP contribution in [0.25, 0.3) is 0 Å². The van der Waals surface area contributed by atoms with Gasteiger partial charge < -0.3 is 11.1 Å². The number of aromatic nitrogens is 2. The largest absolute Gasteiger partial charge is 0.374 e. The lowest BCUT2D eigenvalue weighted by atomic mass is 10.1. The summed E-state index contributed by atoms with van der Waals surface area (Å²) in [5, 5.41) is 11.1. The minimum Gasteiger partial charge on any atom is -0.374 e. The number of carbonyl (C=O) groups is 1. The number of nitrogen functional groups attached to an aromatic ring is 1. The van der Waals surface area contributed by atoms with Gasteiger partial charge in [0, 0.05) is 17.9 Å². The van der Waals surface area contributed by atoms with Crippen LogP contribution < -0.4 is 11.1 Å². The third-order valence-corrected chi connectivity index (χ3v) is 4.87. The lowest BCUT2D eigenvalue weighted by Crippen LogP contribution is -2.14. The molecule has 0 aliphatic carbocycles. The number of nitrogens with two attached hydrogens (primary N) is 1. The first kappa shape index (κ1) is 15.8. The summed E-state index contributed by atoms with van der Waals surface area (Å²) in [5.41, 5.74) is 8.70. The average Bonchev–Trinajstić information content (AvgIpc) is 2.86. The van der Waals surface area contributed by atoms with Gasteiger partial charge in [0.1, 0.15) is 0 Å². The molecule has 0 radical (unpaired) electrons. The van der Waals surface area contributed by atoms with Crippen LogP contribution in [-0.4, -0.2) is 21.9 Å². The van der Waals surface area contributed by atoms with Gasteiger partial charge in [0.2, 0.25) is 11.0 Å². The number of rotatable bonds is 6. The molecule has 0 atom stereocenters. The van der Waals surface area contributed by atoms with E-state index in [0.717, 1.165) is 27.6 Å². The van der Waals surface area contributed by atoms with Crippen LogP contribution in [0.5, 0.6) is 0 Å². The summed E-state index contributed by atoms with van der Waals surface area (Å²) >= 11 is 2.84. The Morgan fingerprint density at radius 1 is 1.43 bits per heavy atom. The highest BCUT2D eigenvalue weighted by Gasteiger charge is 2.09. The molecule has 1 aromatic heterocycles. The number of benzene rings is 1. The van der Waals surface area contributed by atoms with Crippen molar-refractivity contribution in [2.45, 2.75) is 31.0 Å². The monoisotopic (exact) mass is 322 g/mol. The van der Waals surface area contributed by atoms with Crippen LogP contribution in [0.2, 0.25) is 0 Å². The van der Waals surface area contributed by atoms with Crippen molar-refractivity contribution in [2.75, 3.05) is 16.8 Å². The molecule has 0 unspecified atom stereocenters. The van der Waals surface area contributed by atoms with Gasteiger partial charge in [-0.2, -0.15) is 0 Å². The third kappa shape index (κ3) is 4.44. The van der Waals surface area contributed by atoms with Crippen molar-refractivity contribution in [3.63, 3.8) is 0 Å². The van der Waals surface area contributed by atoms with E-state index in [1.807, 2.05) is 25.1 Å². The molecule has 0 bridgehead atoms. The molecule has 0 aliphatic heterocycles. The van der Waals surface area contributed by atoms with Crippen LogP contribution in [0.3, 0.4) is 0 Å². The van der Waals surface area contributed by atoms with E-state index >= 15 is 0 Å². The van der Waals surface area contributed by atoms with Crippen molar-refractivity contribution in [2.24, 2.45) is 0 Å². The van der Waals surface area contributed by atoms with Gasteiger partial charge in [0.25, 0.3) is 0 Å². The molecule has 0 spiro atoms. The Morgan fingerprint density at radius 3 is 2.90 bits per heavy atom. The van der Waals surface area contributed by atoms with Gasteiger partial charge in [-0.1, -0.05) is 48.2 Å². The smallest absolute Gasteiger partial charge is 0.225 e. The number of carbonyl (C=O) groups excluding carboxylic acids is 1. The molecule has 7 heteroatoms. The molecule has 2 rings (SSSR count). The fourth-order valence-corrected chi connectivity index (χ4v) is 3.56. The van der Waals surface area contributed by atoms with Crippen molar-refractivity contribution in [3.05, 3.63) is 29.3 Å². The summed E-state index contributed by atoms with van der Waals surface area (Å²) in [4.78, 5) is 12.0. The molecule has 0 saturated heterocycles. The fourth-order valence-electron chi connectivity index (χ4n) is 1.91. The lowest BCUT2D eigenvalue weighted by molar-refractivity contribution is -0.115. The molecule has 3 N–H and O–H groups in total. The standard InChI is InChI=1S/C14H18N4OS2/c1-3-10-6-4-5-9(2)12(10)16-11(19)7-8-20-14-18-17-13(15)21-14/h4-6H,3,7-8H2,1-2H3,(H2,15,17)(H,16,19). The van der Waals surface area contributed by atoms with Gasteiger partial charge in [0.15, 0.2) is 4.34 Å². The highest BCUT2D eigenvalue weighted by atomic mass is 32.2. The number of para-hydroxylation sites is 1. The quantitative estimate of drug-likeness (QED) is 0.799. The molecule has 1 amide bonds. The normalized spacial score (nSPS) is 10.6. The zero-order chi connectivity index (χ0) is 15.2. The van der Waals surface area contributed by atoms with Crippen LogP contribution in [0, 0.1) is 6.92 Å². The minimum atomic E-state index is 0.0176. The Balaban J connectivity index is 1.87. The van der Waals surface area contributed by atoms with E-state index in [9.17, 15) is 4.79 Å². The third-order valence-electron chi connectivity index (χ3n) is 2.98. The van der Waals surface area contributed by atoms with Crippen LogP contribution in [0.4, 0.5) is 10.8 Å². The summed E-state index contributed by atoms with van der Waals surface area (Å²) in [6.45, 7) is 4.09. The highest BCUT2D eigenvalue weighted by Crippen LogP contribution is 2.25. The maximum Gasteiger partial charge on any atom is 0.225 e. The van der Waals surface area contributed by atoms with Crippen LogP contribution in [-0.2, 0) is 11.2 Å². The molecular formula is C14H18N4OS2. The molecule has 2 aromatic rings. The Kier molecular flexibility index (Phi) is 5.58. The SMILES string of the molecule is CCc1cccc(C)c1NC(=O)CCSc1nnc(N)s1. The van der Waals surface area contributed by atoms with Gasteiger partial charge in [-0.3, -0.25) is 4.79 Å². The van der Waals surface area contributed by atoms with Crippen molar-refractivity contribution in [3.8, 4) is 0 Å². The van der Waals surface area contributed by atoms with E-state index in [-0.39, 0.29) is 5.91 Å². The van der Waals surface area contributed by atoms with E-state index in [2.05, 4.69) is 22.4 Å². The van der Waals surface area contributed by atoms with Gasteiger partial charge >= 0.3 is 0 Å². The Hall–Kier alpha value is -1.60. The fraction of sp³-hybridized carbons (Fsp3) is 0.357. The zero-order valence-electron chi connectivity index (χ0n) is 12.0. The maximum absolute atomic E-state index is 12.0. The number of thioether (sulfide) groups is 1. The van der Waals surface area contributed by atoms with Crippen molar-refractivity contribution in [1.29, 1.82) is 0 Å². The predicted octanol–water partition coefficient (Wildman–Crippen LogP) is 3.11. The first-order chi connectivity index (χ1) is 10.1. The number of hydrogen-bond donors (Lipinski definition) is 2. The number of amides is 1. The number of aryl methyl sites for hydroxylation is 2. The molecule has 5 nitrogen and oxygen atoms in total. The van der Waals surface area contributed by atoms with Crippen molar-refractivity contribution >= 4 is 39.8 Å². The topological polar surface area (TPSA) is 80.9 Å². The number of anilines is 2. The van der Waals surface area contributed by atoms with E-state index in [4.69, 9.17) is 5.73 Å². The summed E-state index contributed by atoms with van der Waals surface area (Å²) in [6.07, 6.45) is 1.33. The summed E-state index contributed by atoms with van der Waals surface area (Å²) in [5.74, 6) is 0.678. The van der Waals surface area contributed by atoms with Crippen LogP contribution in [0.1, 0.15) is 24.5 Å². The van der Waals surface area contributed by atoms with Gasteiger partial charge in [-0.05, 0) is 24.5 Å². The molecule has 0 saturated carbocycles. The number of nitrogens with one attached hydrogen (secondary N) is 1. The van der Waals surface area contributed by atoms with Crippen molar-refractivity contribution < 1.29 is 4.79 Å². The number of nitrogens with zero attached hydrogens (tertiary/aromatic N) is 2. The Bertz CT molecular complexity index is 627. The predicted molar refractivity (Wildman–Crippen MR) is 88.8 cm³/mol. The second-order valence-corrected chi connectivity index (χ2v) is 6.87. The average molecular weight is 322 g/mol. The lowest BCUT2D eigenvalue weighted by Gasteiger charge is -2.12. The van der Waals surface area contributed by atoms with E-state index < -0.39 is 0 Å². The van der Waals surface area contributed by atoms with E-state index in [1.165, 1.54) is 23.1 Å². The Morgan fingerprint density at radius 2 is 2.24 bits per heavy atom. The molecule has 0 aliphatic rings. The highest BCUT2D eigenvalue weighted by molar-refractivity contribution is 8.01. The summed E-state index contributed by atoms with van der Waals surface area (Å²) < 4.78 is 0.797. The van der Waals surface area contributed by atoms with Gasteiger partial charge in [0.05, 0.1) is 0 Å². The molecule has 1 aromatic carbocycles. The molecule has 0 fully saturated rings.